The van der Waals surface area contributed by atoms with Crippen molar-refractivity contribution in [2.75, 3.05) is 5.73 Å². The topological polar surface area (TPSA) is 69.6 Å². The molecule has 20 heavy (non-hydrogen) atoms. The first kappa shape index (κ1) is 12.1. The Morgan fingerprint density at radius 1 is 1.20 bits per heavy atom. The van der Waals surface area contributed by atoms with Gasteiger partial charge in [-0.05, 0) is 66.1 Å². The van der Waals surface area contributed by atoms with Gasteiger partial charge >= 0.3 is 0 Å². The Morgan fingerprint density at radius 2 is 1.90 bits per heavy atom. The number of rotatable bonds is 4. The summed E-state index contributed by atoms with van der Waals surface area (Å²) in [5.41, 5.74) is 7.26. The van der Waals surface area contributed by atoms with Gasteiger partial charge in [-0.25, -0.2) is 4.68 Å². The lowest BCUT2D eigenvalue weighted by Crippen LogP contribution is -2.16. The van der Waals surface area contributed by atoms with Crippen LogP contribution in [-0.2, 0) is 0 Å². The van der Waals surface area contributed by atoms with Crippen molar-refractivity contribution in [3.63, 3.8) is 0 Å². The number of halogens is 1. The molecule has 0 radical (unpaired) electrons. The molecule has 2 aliphatic rings. The Morgan fingerprint density at radius 3 is 2.50 bits per heavy atom. The lowest BCUT2D eigenvalue weighted by atomic mass is 10.1. The van der Waals surface area contributed by atoms with Gasteiger partial charge in [-0.2, -0.15) is 0 Å². The molecular weight excluding hydrogens is 274 g/mol. The molecule has 6 heteroatoms. The smallest absolute Gasteiger partial charge is 0.183 e. The Hall–Kier alpha value is -1.62. The number of tetrazole rings is 1. The number of hydrogen-bond donors (Lipinski definition) is 1. The third-order valence-electron chi connectivity index (χ3n) is 4.22. The summed E-state index contributed by atoms with van der Waals surface area (Å²) in [5.74, 6) is 2.23. The highest BCUT2D eigenvalue weighted by atomic mass is 35.5. The Kier molecular flexibility index (Phi) is 2.70. The first-order valence-corrected chi connectivity index (χ1v) is 7.45. The summed E-state index contributed by atoms with van der Waals surface area (Å²) in [5, 5.41) is 12.9. The maximum Gasteiger partial charge on any atom is 0.183 e. The van der Waals surface area contributed by atoms with Crippen molar-refractivity contribution in [3.8, 4) is 11.4 Å². The van der Waals surface area contributed by atoms with Crippen LogP contribution in [0, 0.1) is 11.8 Å². The number of aromatic nitrogens is 4. The van der Waals surface area contributed by atoms with Gasteiger partial charge in [0.1, 0.15) is 0 Å². The second kappa shape index (κ2) is 4.45. The van der Waals surface area contributed by atoms with E-state index in [-0.39, 0.29) is 0 Å². The summed E-state index contributed by atoms with van der Waals surface area (Å²) in [6, 6.07) is 5.92. The minimum absolute atomic E-state index is 0.439. The molecule has 0 spiro atoms. The van der Waals surface area contributed by atoms with Gasteiger partial charge in [-0.15, -0.1) is 5.10 Å². The largest absolute Gasteiger partial charge is 0.399 e. The number of anilines is 1. The summed E-state index contributed by atoms with van der Waals surface area (Å²) >= 11 is 6.30. The van der Waals surface area contributed by atoms with E-state index < -0.39 is 0 Å². The third-order valence-corrected chi connectivity index (χ3v) is 4.53. The number of hydrogen-bond acceptors (Lipinski definition) is 4. The van der Waals surface area contributed by atoms with Crippen LogP contribution in [-0.4, -0.2) is 20.2 Å². The van der Waals surface area contributed by atoms with Crippen molar-refractivity contribution in [2.45, 2.75) is 31.7 Å². The highest BCUT2D eigenvalue weighted by Gasteiger charge is 2.44. The predicted octanol–water partition coefficient (Wildman–Crippen LogP) is 2.94. The van der Waals surface area contributed by atoms with Gasteiger partial charge in [0, 0.05) is 11.3 Å². The van der Waals surface area contributed by atoms with Crippen LogP contribution in [0.5, 0.6) is 0 Å². The fraction of sp³-hybridized carbons (Fsp3) is 0.500. The molecule has 1 aromatic carbocycles. The summed E-state index contributed by atoms with van der Waals surface area (Å²) in [6.45, 7) is 0. The van der Waals surface area contributed by atoms with E-state index >= 15 is 0 Å². The van der Waals surface area contributed by atoms with E-state index in [1.807, 2.05) is 16.8 Å². The molecule has 0 amide bonds. The molecular formula is C14H16ClN5. The molecule has 2 N–H and O–H groups in total. The predicted molar refractivity (Wildman–Crippen MR) is 77.2 cm³/mol. The highest BCUT2D eigenvalue weighted by Crippen LogP contribution is 2.52. The second-order valence-electron chi connectivity index (χ2n) is 5.85. The molecule has 1 heterocycles. The van der Waals surface area contributed by atoms with Gasteiger partial charge in [-0.3, -0.25) is 0 Å². The van der Waals surface area contributed by atoms with Crippen LogP contribution in [0.15, 0.2) is 18.2 Å². The van der Waals surface area contributed by atoms with Gasteiger partial charge in [-0.1, -0.05) is 11.6 Å². The average Bonchev–Trinajstić information content (AvgIpc) is 3.31. The van der Waals surface area contributed by atoms with Crippen molar-refractivity contribution in [3.05, 3.63) is 23.2 Å². The molecule has 2 aromatic rings. The quantitative estimate of drug-likeness (QED) is 0.879. The molecule has 0 atom stereocenters. The molecule has 104 valence electrons. The molecule has 0 unspecified atom stereocenters. The van der Waals surface area contributed by atoms with Gasteiger partial charge in [0.15, 0.2) is 5.82 Å². The summed E-state index contributed by atoms with van der Waals surface area (Å²) < 4.78 is 1.99. The van der Waals surface area contributed by atoms with Gasteiger partial charge in [0.25, 0.3) is 0 Å². The standard InChI is InChI=1S/C14H16ClN5/c15-12-7-10(16)5-6-11(12)14-17-18-19-20(14)13(8-1-2-8)9-3-4-9/h5-9,13H,1-4,16H2. The molecule has 4 rings (SSSR count). The lowest BCUT2D eigenvalue weighted by molar-refractivity contribution is 0.357. The van der Waals surface area contributed by atoms with E-state index in [9.17, 15) is 0 Å². The van der Waals surface area contributed by atoms with Gasteiger partial charge in [0.05, 0.1) is 11.1 Å². The minimum Gasteiger partial charge on any atom is -0.399 e. The van der Waals surface area contributed by atoms with Crippen LogP contribution < -0.4 is 5.73 Å². The number of nitrogens with zero attached hydrogens (tertiary/aromatic N) is 4. The zero-order valence-corrected chi connectivity index (χ0v) is 11.8. The van der Waals surface area contributed by atoms with E-state index in [1.54, 1.807) is 6.07 Å². The summed E-state index contributed by atoms with van der Waals surface area (Å²) in [7, 11) is 0. The van der Waals surface area contributed by atoms with Gasteiger partial charge in [0.2, 0.25) is 0 Å². The summed E-state index contributed by atoms with van der Waals surface area (Å²) in [4.78, 5) is 0. The Balaban J connectivity index is 1.77. The number of nitrogens with two attached hydrogens (primary N) is 1. The number of nitrogen functional groups attached to an aromatic ring is 1. The Labute approximate surface area is 122 Å². The molecule has 0 bridgehead atoms. The lowest BCUT2D eigenvalue weighted by Gasteiger charge is -2.17. The zero-order chi connectivity index (χ0) is 13.7. The first-order valence-electron chi connectivity index (χ1n) is 7.07. The maximum absolute atomic E-state index is 6.30. The average molecular weight is 290 g/mol. The summed E-state index contributed by atoms with van der Waals surface area (Å²) in [6.07, 6.45) is 5.15. The van der Waals surface area contributed by atoms with Crippen LogP contribution in [0.2, 0.25) is 5.02 Å². The molecule has 2 saturated carbocycles. The van der Waals surface area contributed by atoms with Gasteiger partial charge < -0.3 is 5.73 Å². The van der Waals surface area contributed by atoms with Crippen LogP contribution in [0.3, 0.4) is 0 Å². The second-order valence-corrected chi connectivity index (χ2v) is 6.26. The fourth-order valence-corrected chi connectivity index (χ4v) is 3.22. The highest BCUT2D eigenvalue weighted by molar-refractivity contribution is 6.33. The third kappa shape index (κ3) is 2.06. The monoisotopic (exact) mass is 289 g/mol. The molecule has 2 aliphatic carbocycles. The maximum atomic E-state index is 6.30. The fourth-order valence-electron chi connectivity index (χ4n) is 2.94. The van der Waals surface area contributed by atoms with Crippen LogP contribution in [0.4, 0.5) is 5.69 Å². The molecule has 2 fully saturated rings. The van der Waals surface area contributed by atoms with E-state index in [0.29, 0.717) is 16.8 Å². The van der Waals surface area contributed by atoms with Crippen LogP contribution >= 0.6 is 11.6 Å². The van der Waals surface area contributed by atoms with Crippen molar-refractivity contribution in [2.24, 2.45) is 11.8 Å². The van der Waals surface area contributed by atoms with Crippen LogP contribution in [0.25, 0.3) is 11.4 Å². The van der Waals surface area contributed by atoms with E-state index in [0.717, 1.165) is 23.2 Å². The first-order chi connectivity index (χ1) is 9.74. The Bertz CT molecular complexity index is 633. The molecule has 0 aliphatic heterocycles. The van der Waals surface area contributed by atoms with E-state index in [4.69, 9.17) is 17.3 Å². The van der Waals surface area contributed by atoms with Crippen LogP contribution in [0.1, 0.15) is 31.7 Å². The zero-order valence-electron chi connectivity index (χ0n) is 11.0. The number of benzene rings is 1. The van der Waals surface area contributed by atoms with Crippen molar-refractivity contribution < 1.29 is 0 Å². The molecule has 1 aromatic heterocycles. The van der Waals surface area contributed by atoms with Crippen molar-refractivity contribution >= 4 is 17.3 Å². The van der Waals surface area contributed by atoms with E-state index in [2.05, 4.69) is 15.5 Å². The SMILES string of the molecule is Nc1ccc(-c2nnnn2C(C2CC2)C2CC2)c(Cl)c1. The normalized spacial score (nSPS) is 18.7. The molecule has 5 nitrogen and oxygen atoms in total. The van der Waals surface area contributed by atoms with E-state index in [1.165, 1.54) is 25.7 Å². The van der Waals surface area contributed by atoms with Crippen molar-refractivity contribution in [1.82, 2.24) is 20.2 Å². The molecule has 0 saturated heterocycles. The minimum atomic E-state index is 0.439. The van der Waals surface area contributed by atoms with Crippen molar-refractivity contribution in [1.29, 1.82) is 0 Å².